The second-order valence-electron chi connectivity index (χ2n) is 6.58. The summed E-state index contributed by atoms with van der Waals surface area (Å²) in [4.78, 5) is 36.8. The van der Waals surface area contributed by atoms with Gasteiger partial charge in [0.2, 0.25) is 0 Å². The number of fused-ring (bicyclic) bond motifs is 1. The van der Waals surface area contributed by atoms with Crippen LogP contribution in [0.2, 0.25) is 0 Å². The van der Waals surface area contributed by atoms with Crippen molar-refractivity contribution >= 4 is 17.8 Å². The monoisotopic (exact) mass is 334 g/mol. The van der Waals surface area contributed by atoms with Gasteiger partial charge in [-0.25, -0.2) is 0 Å². The van der Waals surface area contributed by atoms with Gasteiger partial charge in [0.25, 0.3) is 11.8 Å². The highest BCUT2D eigenvalue weighted by Crippen LogP contribution is 2.21. The second kappa shape index (κ2) is 7.11. The largest absolute Gasteiger partial charge is 0.480 e. The van der Waals surface area contributed by atoms with E-state index in [-0.39, 0.29) is 31.5 Å². The summed E-state index contributed by atoms with van der Waals surface area (Å²) in [7, 11) is 0. The predicted molar refractivity (Wildman–Crippen MR) is 86.9 cm³/mol. The molecule has 1 aliphatic rings. The van der Waals surface area contributed by atoms with Gasteiger partial charge in [-0.3, -0.25) is 19.3 Å². The van der Waals surface area contributed by atoms with Gasteiger partial charge >= 0.3 is 5.97 Å². The molecule has 0 saturated carbocycles. The molecular weight excluding hydrogens is 312 g/mol. The molecule has 0 radical (unpaired) electrons. The lowest BCUT2D eigenvalue weighted by molar-refractivity contribution is -0.142. The molecule has 1 aliphatic heterocycles. The van der Waals surface area contributed by atoms with E-state index in [0.717, 1.165) is 4.90 Å². The van der Waals surface area contributed by atoms with Crippen LogP contribution in [0.4, 0.5) is 0 Å². The molecule has 1 atom stereocenters. The first-order chi connectivity index (χ1) is 11.2. The van der Waals surface area contributed by atoms with Crippen LogP contribution in [-0.4, -0.2) is 59.1 Å². The van der Waals surface area contributed by atoms with Crippen molar-refractivity contribution in [2.45, 2.75) is 32.4 Å². The normalized spacial score (nSPS) is 15.5. The third-order valence-corrected chi connectivity index (χ3v) is 3.59. The number of rotatable bonds is 7. The SMILES string of the molecule is CC(C)(C)OC[C@H](NCCN1C(=O)c2ccccc2C1=O)C(=O)O. The zero-order valence-corrected chi connectivity index (χ0v) is 14.0. The molecule has 0 saturated heterocycles. The standard InChI is InChI=1S/C17H22N2O5/c1-17(2,3)24-10-13(16(22)23)18-8-9-19-14(20)11-6-4-5-7-12(11)15(19)21/h4-7,13,18H,8-10H2,1-3H3,(H,22,23)/t13-/m0/s1. The van der Waals surface area contributed by atoms with Crippen LogP contribution >= 0.6 is 0 Å². The van der Waals surface area contributed by atoms with E-state index in [1.807, 2.05) is 20.8 Å². The molecule has 0 bridgehead atoms. The van der Waals surface area contributed by atoms with Gasteiger partial charge in [-0.2, -0.15) is 0 Å². The Hall–Kier alpha value is -2.25. The number of carbonyl (C=O) groups is 3. The molecule has 0 aromatic heterocycles. The zero-order valence-electron chi connectivity index (χ0n) is 14.0. The van der Waals surface area contributed by atoms with Crippen molar-refractivity contribution in [2.24, 2.45) is 0 Å². The van der Waals surface area contributed by atoms with E-state index in [0.29, 0.717) is 11.1 Å². The van der Waals surface area contributed by atoms with Gasteiger partial charge in [0.05, 0.1) is 23.3 Å². The van der Waals surface area contributed by atoms with Gasteiger partial charge in [-0.1, -0.05) is 12.1 Å². The molecule has 24 heavy (non-hydrogen) atoms. The Morgan fingerprint density at radius 2 is 1.75 bits per heavy atom. The lowest BCUT2D eigenvalue weighted by Gasteiger charge is -2.23. The van der Waals surface area contributed by atoms with E-state index in [9.17, 15) is 19.5 Å². The highest BCUT2D eigenvalue weighted by molar-refractivity contribution is 6.21. The molecule has 7 nitrogen and oxygen atoms in total. The fraction of sp³-hybridized carbons (Fsp3) is 0.471. The molecule has 2 N–H and O–H groups in total. The Morgan fingerprint density at radius 1 is 1.21 bits per heavy atom. The first kappa shape index (κ1) is 18.1. The van der Waals surface area contributed by atoms with Gasteiger partial charge in [-0.05, 0) is 32.9 Å². The Labute approximate surface area is 140 Å². The number of amides is 2. The smallest absolute Gasteiger partial charge is 0.323 e. The number of ether oxygens (including phenoxy) is 1. The number of nitrogens with one attached hydrogen (secondary N) is 1. The summed E-state index contributed by atoms with van der Waals surface area (Å²) < 4.78 is 5.48. The summed E-state index contributed by atoms with van der Waals surface area (Å²) in [5.41, 5.74) is 0.319. The van der Waals surface area contributed by atoms with E-state index >= 15 is 0 Å². The number of aliphatic carboxylic acids is 1. The first-order valence-corrected chi connectivity index (χ1v) is 7.76. The third kappa shape index (κ3) is 4.18. The molecule has 2 amide bonds. The molecule has 1 aromatic rings. The Balaban J connectivity index is 1.90. The number of imide groups is 1. The van der Waals surface area contributed by atoms with Gasteiger partial charge in [0.1, 0.15) is 6.04 Å². The molecule has 1 aromatic carbocycles. The number of nitrogens with zero attached hydrogens (tertiary/aromatic N) is 1. The molecule has 0 unspecified atom stereocenters. The van der Waals surface area contributed by atoms with E-state index < -0.39 is 17.6 Å². The number of benzene rings is 1. The fourth-order valence-electron chi connectivity index (χ4n) is 2.34. The summed E-state index contributed by atoms with van der Waals surface area (Å²) in [5.74, 6) is -1.74. The van der Waals surface area contributed by atoms with Gasteiger partial charge < -0.3 is 15.2 Å². The highest BCUT2D eigenvalue weighted by atomic mass is 16.5. The Bertz CT molecular complexity index is 616. The molecule has 0 aliphatic carbocycles. The van der Waals surface area contributed by atoms with Crippen LogP contribution in [0.5, 0.6) is 0 Å². The van der Waals surface area contributed by atoms with Crippen LogP contribution in [0, 0.1) is 0 Å². The molecule has 0 spiro atoms. The van der Waals surface area contributed by atoms with Crippen LogP contribution < -0.4 is 5.32 Å². The van der Waals surface area contributed by atoms with Crippen LogP contribution in [0.25, 0.3) is 0 Å². The maximum absolute atomic E-state index is 12.2. The van der Waals surface area contributed by atoms with E-state index in [2.05, 4.69) is 5.32 Å². The topological polar surface area (TPSA) is 95.9 Å². The molecule has 7 heteroatoms. The minimum Gasteiger partial charge on any atom is -0.480 e. The summed E-state index contributed by atoms with van der Waals surface area (Å²) in [6.07, 6.45) is 0. The van der Waals surface area contributed by atoms with E-state index in [1.54, 1.807) is 24.3 Å². The minimum absolute atomic E-state index is 0.000944. The number of carboxylic acid groups (broad SMARTS) is 1. The second-order valence-corrected chi connectivity index (χ2v) is 6.58. The number of hydrogen-bond donors (Lipinski definition) is 2. The molecule has 1 heterocycles. The third-order valence-electron chi connectivity index (χ3n) is 3.59. The molecule has 0 fully saturated rings. The number of carbonyl (C=O) groups excluding carboxylic acids is 2. The maximum atomic E-state index is 12.2. The van der Waals surface area contributed by atoms with E-state index in [1.165, 1.54) is 0 Å². The average Bonchev–Trinajstić information content (AvgIpc) is 2.74. The minimum atomic E-state index is -1.04. The zero-order chi connectivity index (χ0) is 17.9. The lowest BCUT2D eigenvalue weighted by atomic mass is 10.1. The highest BCUT2D eigenvalue weighted by Gasteiger charge is 2.34. The van der Waals surface area contributed by atoms with Crippen LogP contribution in [-0.2, 0) is 9.53 Å². The van der Waals surface area contributed by atoms with Crippen LogP contribution in [0.3, 0.4) is 0 Å². The van der Waals surface area contributed by atoms with Crippen molar-refractivity contribution in [1.82, 2.24) is 10.2 Å². The lowest BCUT2D eigenvalue weighted by Crippen LogP contribution is -2.46. The van der Waals surface area contributed by atoms with Crippen LogP contribution in [0.15, 0.2) is 24.3 Å². The average molecular weight is 334 g/mol. The van der Waals surface area contributed by atoms with Gasteiger partial charge in [-0.15, -0.1) is 0 Å². The number of carboxylic acids is 1. The quantitative estimate of drug-likeness (QED) is 0.726. The molecule has 2 rings (SSSR count). The molecule has 130 valence electrons. The van der Waals surface area contributed by atoms with Gasteiger partial charge in [0, 0.05) is 13.1 Å². The van der Waals surface area contributed by atoms with Gasteiger partial charge in [0.15, 0.2) is 0 Å². The van der Waals surface area contributed by atoms with Crippen molar-refractivity contribution < 1.29 is 24.2 Å². The van der Waals surface area contributed by atoms with Crippen molar-refractivity contribution in [3.05, 3.63) is 35.4 Å². The van der Waals surface area contributed by atoms with Crippen molar-refractivity contribution in [1.29, 1.82) is 0 Å². The number of hydrogen-bond acceptors (Lipinski definition) is 5. The molecular formula is C17H22N2O5. The van der Waals surface area contributed by atoms with Crippen molar-refractivity contribution in [3.63, 3.8) is 0 Å². The summed E-state index contributed by atoms with van der Waals surface area (Å²) in [6, 6.07) is 5.73. The summed E-state index contributed by atoms with van der Waals surface area (Å²) >= 11 is 0. The van der Waals surface area contributed by atoms with Crippen molar-refractivity contribution in [3.8, 4) is 0 Å². The van der Waals surface area contributed by atoms with E-state index in [4.69, 9.17) is 4.74 Å². The Morgan fingerprint density at radius 3 is 2.21 bits per heavy atom. The summed E-state index contributed by atoms with van der Waals surface area (Å²) in [5, 5.41) is 12.0. The first-order valence-electron chi connectivity index (χ1n) is 7.76. The summed E-state index contributed by atoms with van der Waals surface area (Å²) in [6.45, 7) is 5.79. The Kier molecular flexibility index (Phi) is 5.36. The van der Waals surface area contributed by atoms with Crippen molar-refractivity contribution in [2.75, 3.05) is 19.7 Å². The maximum Gasteiger partial charge on any atom is 0.323 e. The fourth-order valence-corrected chi connectivity index (χ4v) is 2.34. The predicted octanol–water partition coefficient (Wildman–Crippen LogP) is 1.14. The van der Waals surface area contributed by atoms with Crippen LogP contribution in [0.1, 0.15) is 41.5 Å².